The predicted molar refractivity (Wildman–Crippen MR) is 78.4 cm³/mol. The smallest absolute Gasteiger partial charge is 0.338 e. The molecule has 1 aromatic carbocycles. The minimum Gasteiger partial charge on any atom is -0.459 e. The molecule has 2 saturated heterocycles. The second-order valence-electron chi connectivity index (χ2n) is 6.40. The largest absolute Gasteiger partial charge is 0.459 e. The summed E-state index contributed by atoms with van der Waals surface area (Å²) in [5.74, 6) is -1.21. The van der Waals surface area contributed by atoms with Gasteiger partial charge >= 0.3 is 5.97 Å². The third kappa shape index (κ3) is 2.38. The van der Waals surface area contributed by atoms with Gasteiger partial charge in [-0.15, -0.1) is 0 Å². The van der Waals surface area contributed by atoms with Crippen LogP contribution in [0.2, 0.25) is 0 Å². The lowest BCUT2D eigenvalue weighted by Crippen LogP contribution is -2.64. The average Bonchev–Trinajstić information content (AvgIpc) is 2.88. The monoisotopic (exact) mass is 318 g/mol. The van der Waals surface area contributed by atoms with Crippen molar-refractivity contribution in [2.75, 3.05) is 6.61 Å². The fourth-order valence-corrected chi connectivity index (χ4v) is 3.33. The molecule has 0 saturated carbocycles. The molecular weight excluding hydrogens is 300 g/mol. The number of esters is 1. The summed E-state index contributed by atoms with van der Waals surface area (Å²) >= 11 is 0. The third-order valence-electron chi connectivity index (χ3n) is 4.29. The van der Waals surface area contributed by atoms with Crippen molar-refractivity contribution in [3.63, 3.8) is 0 Å². The van der Waals surface area contributed by atoms with Crippen LogP contribution in [0.25, 0.3) is 0 Å². The van der Waals surface area contributed by atoms with Gasteiger partial charge in [-0.25, -0.2) is 14.6 Å². The van der Waals surface area contributed by atoms with Crippen LogP contribution in [0.5, 0.6) is 0 Å². The molecule has 0 N–H and O–H groups in total. The Balaban J connectivity index is 1.56. The maximum atomic E-state index is 12.2. The molecule has 5 rings (SSSR count). The van der Waals surface area contributed by atoms with Crippen molar-refractivity contribution in [2.24, 2.45) is 0 Å². The van der Waals surface area contributed by atoms with E-state index >= 15 is 0 Å². The lowest BCUT2D eigenvalue weighted by molar-refractivity contribution is -0.408. The molecule has 3 aliphatic heterocycles. The molecule has 0 radical (unpaired) electrons. The molecule has 6 heteroatoms. The maximum Gasteiger partial charge on any atom is 0.338 e. The van der Waals surface area contributed by atoms with Crippen molar-refractivity contribution in [1.29, 1.82) is 0 Å². The quantitative estimate of drug-likeness (QED) is 0.482. The van der Waals surface area contributed by atoms with Gasteiger partial charge in [-0.2, -0.15) is 0 Å². The highest BCUT2D eigenvalue weighted by Gasteiger charge is 2.65. The normalized spacial score (nSPS) is 36.7. The minimum absolute atomic E-state index is 0.0314. The van der Waals surface area contributed by atoms with Gasteiger partial charge in [0.05, 0.1) is 5.56 Å². The van der Waals surface area contributed by atoms with Crippen molar-refractivity contribution in [2.45, 2.75) is 43.5 Å². The molecule has 3 heterocycles. The van der Waals surface area contributed by atoms with Crippen molar-refractivity contribution >= 4 is 5.97 Å². The molecule has 6 nitrogen and oxygen atoms in total. The fraction of sp³-hybridized carbons (Fsp3) is 0.471. The summed E-state index contributed by atoms with van der Waals surface area (Å²) in [5.41, 5.74) is -0.404. The molecule has 0 aromatic heterocycles. The van der Waals surface area contributed by atoms with Crippen LogP contribution in [0.3, 0.4) is 0 Å². The highest BCUT2D eigenvalue weighted by atomic mass is 17.2. The van der Waals surface area contributed by atoms with E-state index in [2.05, 4.69) is 0 Å². The number of hydrogen-bond donors (Lipinski definition) is 0. The number of benzene rings is 1. The predicted octanol–water partition coefficient (Wildman–Crippen LogP) is 2.00. The van der Waals surface area contributed by atoms with Gasteiger partial charge in [-0.1, -0.05) is 30.4 Å². The zero-order valence-corrected chi connectivity index (χ0v) is 12.9. The number of carbonyl (C=O) groups is 1. The van der Waals surface area contributed by atoms with Crippen LogP contribution in [-0.2, 0) is 24.0 Å². The standard InChI is InChI=1S/C17H18O6/c1-16(2)20-14-12-8-9-13(22-21-12)17(14,23-16)10-19-15(18)11-6-4-3-5-7-11/h3-9,12-14H,10H2,1-2H3/t12-,13+,14+,17-/m0/s1. The van der Waals surface area contributed by atoms with E-state index in [0.29, 0.717) is 5.56 Å². The van der Waals surface area contributed by atoms with Gasteiger partial charge in [0.2, 0.25) is 0 Å². The van der Waals surface area contributed by atoms with Gasteiger partial charge in [-0.3, -0.25) is 0 Å². The summed E-state index contributed by atoms with van der Waals surface area (Å²) in [6, 6.07) is 8.84. The second-order valence-corrected chi connectivity index (χ2v) is 6.40. The number of ether oxygens (including phenoxy) is 3. The van der Waals surface area contributed by atoms with Crippen molar-refractivity contribution in [3.8, 4) is 0 Å². The van der Waals surface area contributed by atoms with Gasteiger partial charge in [-0.05, 0) is 26.0 Å². The van der Waals surface area contributed by atoms with Gasteiger partial charge < -0.3 is 14.2 Å². The van der Waals surface area contributed by atoms with Crippen LogP contribution in [0.1, 0.15) is 24.2 Å². The topological polar surface area (TPSA) is 63.2 Å². The van der Waals surface area contributed by atoms with Crippen molar-refractivity contribution in [1.82, 2.24) is 0 Å². The van der Waals surface area contributed by atoms with Crippen LogP contribution < -0.4 is 0 Å². The first-order chi connectivity index (χ1) is 11.0. The van der Waals surface area contributed by atoms with E-state index in [0.717, 1.165) is 0 Å². The Morgan fingerprint density at radius 2 is 1.96 bits per heavy atom. The molecule has 23 heavy (non-hydrogen) atoms. The van der Waals surface area contributed by atoms with Gasteiger partial charge in [0.25, 0.3) is 0 Å². The third-order valence-corrected chi connectivity index (χ3v) is 4.29. The van der Waals surface area contributed by atoms with Crippen LogP contribution in [0.4, 0.5) is 0 Å². The number of hydrogen-bond acceptors (Lipinski definition) is 6. The molecule has 122 valence electrons. The van der Waals surface area contributed by atoms with E-state index in [1.54, 1.807) is 24.3 Å². The minimum atomic E-state index is -0.897. The molecule has 4 atom stereocenters. The highest BCUT2D eigenvalue weighted by Crippen LogP contribution is 2.48. The average molecular weight is 318 g/mol. The van der Waals surface area contributed by atoms with E-state index in [1.165, 1.54) is 0 Å². The fourth-order valence-electron chi connectivity index (χ4n) is 3.33. The Hall–Kier alpha value is -1.73. The van der Waals surface area contributed by atoms with Gasteiger partial charge in [0.15, 0.2) is 11.4 Å². The van der Waals surface area contributed by atoms with E-state index in [-0.39, 0.29) is 18.8 Å². The molecule has 0 amide bonds. The summed E-state index contributed by atoms with van der Waals surface area (Å²) in [7, 11) is 0. The first-order valence-corrected chi connectivity index (χ1v) is 7.61. The summed E-state index contributed by atoms with van der Waals surface area (Å²) in [6.45, 7) is 3.68. The van der Waals surface area contributed by atoms with Crippen molar-refractivity contribution < 1.29 is 28.8 Å². The summed E-state index contributed by atoms with van der Waals surface area (Å²) in [5, 5.41) is 0. The number of rotatable bonds is 3. The SMILES string of the molecule is CC1(C)O[C@@H]2[C@@H]3C=C[C@@H](OO3)[C@]2(COC(=O)c2ccccc2)O1. The molecule has 4 aliphatic rings. The van der Waals surface area contributed by atoms with Gasteiger partial charge in [0.1, 0.15) is 24.9 Å². The first-order valence-electron chi connectivity index (χ1n) is 7.61. The first kappa shape index (κ1) is 14.8. The van der Waals surface area contributed by atoms with E-state index in [9.17, 15) is 4.79 Å². The lowest BCUT2D eigenvalue weighted by Gasteiger charge is -2.45. The van der Waals surface area contributed by atoms with Crippen LogP contribution in [0, 0.1) is 0 Å². The van der Waals surface area contributed by atoms with Crippen LogP contribution >= 0.6 is 0 Å². The number of fused-ring (bicyclic) bond motifs is 1. The zero-order valence-electron chi connectivity index (χ0n) is 12.9. The number of carbonyl (C=O) groups excluding carboxylic acids is 1. The molecule has 0 spiro atoms. The highest BCUT2D eigenvalue weighted by molar-refractivity contribution is 5.89. The molecule has 0 unspecified atom stereocenters. The van der Waals surface area contributed by atoms with E-state index < -0.39 is 23.5 Å². The maximum absolute atomic E-state index is 12.2. The summed E-state index contributed by atoms with van der Waals surface area (Å²) < 4.78 is 17.6. The van der Waals surface area contributed by atoms with Crippen LogP contribution in [-0.4, -0.2) is 42.3 Å². The Bertz CT molecular complexity index is 640. The second kappa shape index (κ2) is 5.14. The Labute approximate surface area is 133 Å². The Kier molecular flexibility index (Phi) is 3.32. The molecule has 1 aromatic rings. The summed E-state index contributed by atoms with van der Waals surface area (Å²) in [4.78, 5) is 22.8. The van der Waals surface area contributed by atoms with E-state index in [4.69, 9.17) is 24.0 Å². The summed E-state index contributed by atoms with van der Waals surface area (Å²) in [6.07, 6.45) is 2.51. The van der Waals surface area contributed by atoms with Crippen molar-refractivity contribution in [3.05, 3.63) is 48.0 Å². The lowest BCUT2D eigenvalue weighted by atomic mass is 9.82. The molecule has 2 bridgehead atoms. The Morgan fingerprint density at radius 1 is 1.17 bits per heavy atom. The molecule has 2 fully saturated rings. The van der Waals surface area contributed by atoms with Gasteiger partial charge in [0, 0.05) is 0 Å². The Morgan fingerprint density at radius 3 is 2.65 bits per heavy atom. The van der Waals surface area contributed by atoms with E-state index in [1.807, 2.05) is 32.1 Å². The molecular formula is C17H18O6. The van der Waals surface area contributed by atoms with Crippen LogP contribution in [0.15, 0.2) is 42.5 Å². The molecule has 1 aliphatic carbocycles. The zero-order chi connectivity index (χ0) is 16.1.